The third kappa shape index (κ3) is 3.17. The van der Waals surface area contributed by atoms with Gasteiger partial charge in [-0.15, -0.1) is 0 Å². The van der Waals surface area contributed by atoms with Gasteiger partial charge >= 0.3 is 0 Å². The summed E-state index contributed by atoms with van der Waals surface area (Å²) in [5.41, 5.74) is 2.43. The lowest BCUT2D eigenvalue weighted by molar-refractivity contribution is 0.112. The highest BCUT2D eigenvalue weighted by Crippen LogP contribution is 2.17. The van der Waals surface area contributed by atoms with E-state index in [1.54, 1.807) is 24.3 Å². The molecule has 92 valence electrons. The van der Waals surface area contributed by atoms with Gasteiger partial charge in [-0.3, -0.25) is 4.79 Å². The predicted octanol–water partition coefficient (Wildman–Crippen LogP) is 3.53. The van der Waals surface area contributed by atoms with Crippen LogP contribution in [0.15, 0.2) is 42.5 Å². The van der Waals surface area contributed by atoms with Crippen molar-refractivity contribution in [2.24, 2.45) is 0 Å². The predicted molar refractivity (Wildman–Crippen MR) is 67.3 cm³/mol. The molecular weight excluding hydrogens is 231 g/mol. The lowest BCUT2D eigenvalue weighted by Gasteiger charge is -2.08. The van der Waals surface area contributed by atoms with Crippen LogP contribution in [0.2, 0.25) is 0 Å². The smallest absolute Gasteiger partial charge is 0.150 e. The SMILES string of the molecule is Cc1cc(C=O)cc(OCc2ccc(F)cc2)c1. The molecule has 0 saturated carbocycles. The fourth-order valence-electron chi connectivity index (χ4n) is 1.68. The second kappa shape index (κ2) is 5.45. The Kier molecular flexibility index (Phi) is 3.72. The molecule has 0 aliphatic rings. The molecule has 0 spiro atoms. The van der Waals surface area contributed by atoms with E-state index in [1.807, 2.05) is 13.0 Å². The molecular formula is C15H13FO2. The Labute approximate surface area is 105 Å². The van der Waals surface area contributed by atoms with E-state index < -0.39 is 0 Å². The lowest BCUT2D eigenvalue weighted by Crippen LogP contribution is -1.96. The van der Waals surface area contributed by atoms with Gasteiger partial charge in [0, 0.05) is 5.56 Å². The highest BCUT2D eigenvalue weighted by atomic mass is 19.1. The van der Waals surface area contributed by atoms with Crippen LogP contribution in [0.4, 0.5) is 4.39 Å². The number of aldehydes is 1. The molecule has 0 atom stereocenters. The molecule has 2 aromatic carbocycles. The van der Waals surface area contributed by atoms with Crippen LogP contribution in [-0.2, 0) is 6.61 Å². The summed E-state index contributed by atoms with van der Waals surface area (Å²) < 4.78 is 18.3. The molecule has 0 aliphatic carbocycles. The first-order valence-electron chi connectivity index (χ1n) is 5.61. The highest BCUT2D eigenvalue weighted by molar-refractivity contribution is 5.76. The third-order valence-electron chi connectivity index (χ3n) is 2.53. The molecule has 2 aromatic rings. The van der Waals surface area contributed by atoms with Gasteiger partial charge < -0.3 is 4.74 Å². The summed E-state index contributed by atoms with van der Waals surface area (Å²) in [6.45, 7) is 2.25. The van der Waals surface area contributed by atoms with E-state index in [2.05, 4.69) is 0 Å². The Bertz CT molecular complexity index is 547. The van der Waals surface area contributed by atoms with E-state index in [0.717, 1.165) is 17.4 Å². The van der Waals surface area contributed by atoms with Crippen molar-refractivity contribution in [3.8, 4) is 5.75 Å². The van der Waals surface area contributed by atoms with Gasteiger partial charge in [0.2, 0.25) is 0 Å². The van der Waals surface area contributed by atoms with Gasteiger partial charge in [0.1, 0.15) is 24.5 Å². The summed E-state index contributed by atoms with van der Waals surface area (Å²) in [4.78, 5) is 10.7. The second-order valence-corrected chi connectivity index (χ2v) is 4.11. The second-order valence-electron chi connectivity index (χ2n) is 4.11. The van der Waals surface area contributed by atoms with Crippen LogP contribution in [0.5, 0.6) is 5.75 Å². The third-order valence-corrected chi connectivity index (χ3v) is 2.53. The summed E-state index contributed by atoms with van der Waals surface area (Å²) in [7, 11) is 0. The van der Waals surface area contributed by atoms with Gasteiger partial charge in [-0.2, -0.15) is 0 Å². The average molecular weight is 244 g/mol. The quantitative estimate of drug-likeness (QED) is 0.769. The molecule has 2 rings (SSSR count). The molecule has 0 heterocycles. The fourth-order valence-corrected chi connectivity index (χ4v) is 1.68. The molecule has 0 unspecified atom stereocenters. The Balaban J connectivity index is 2.08. The standard InChI is InChI=1S/C15H13FO2/c1-11-6-13(9-17)8-15(7-11)18-10-12-2-4-14(16)5-3-12/h2-9H,10H2,1H3. The Morgan fingerprint density at radius 1 is 1.17 bits per heavy atom. The maximum Gasteiger partial charge on any atom is 0.150 e. The normalized spacial score (nSPS) is 10.1. The van der Waals surface area contributed by atoms with Crippen LogP contribution in [0.3, 0.4) is 0 Å². The molecule has 2 nitrogen and oxygen atoms in total. The molecule has 3 heteroatoms. The van der Waals surface area contributed by atoms with Crippen LogP contribution in [-0.4, -0.2) is 6.29 Å². The van der Waals surface area contributed by atoms with E-state index in [0.29, 0.717) is 17.9 Å². The number of hydrogen-bond acceptors (Lipinski definition) is 2. The molecule has 0 aromatic heterocycles. The van der Waals surface area contributed by atoms with Crippen molar-refractivity contribution >= 4 is 6.29 Å². The molecule has 18 heavy (non-hydrogen) atoms. The first-order valence-corrected chi connectivity index (χ1v) is 5.61. The first-order chi connectivity index (χ1) is 8.67. The first kappa shape index (κ1) is 12.3. The number of carbonyl (C=O) groups is 1. The van der Waals surface area contributed by atoms with Gasteiger partial charge in [0.25, 0.3) is 0 Å². The van der Waals surface area contributed by atoms with Gasteiger partial charge in [0.05, 0.1) is 0 Å². The van der Waals surface area contributed by atoms with E-state index in [4.69, 9.17) is 4.74 Å². The van der Waals surface area contributed by atoms with E-state index in [9.17, 15) is 9.18 Å². The van der Waals surface area contributed by atoms with Crippen molar-refractivity contribution in [1.29, 1.82) is 0 Å². The van der Waals surface area contributed by atoms with Crippen molar-refractivity contribution in [2.75, 3.05) is 0 Å². The summed E-state index contributed by atoms with van der Waals surface area (Å²) >= 11 is 0. The van der Waals surface area contributed by atoms with Crippen LogP contribution >= 0.6 is 0 Å². The summed E-state index contributed by atoms with van der Waals surface area (Å²) in [5, 5.41) is 0. The molecule has 0 bridgehead atoms. The molecule has 0 N–H and O–H groups in total. The Morgan fingerprint density at radius 2 is 1.89 bits per heavy atom. The molecule has 0 radical (unpaired) electrons. The minimum atomic E-state index is -0.266. The zero-order valence-corrected chi connectivity index (χ0v) is 10.0. The Hall–Kier alpha value is -2.16. The summed E-state index contributed by atoms with van der Waals surface area (Å²) in [6.07, 6.45) is 0.789. The van der Waals surface area contributed by atoms with Crippen molar-refractivity contribution in [2.45, 2.75) is 13.5 Å². The number of carbonyl (C=O) groups excluding carboxylic acids is 1. The van der Waals surface area contributed by atoms with Crippen LogP contribution in [0.1, 0.15) is 21.5 Å². The molecule has 0 saturated heterocycles. The minimum Gasteiger partial charge on any atom is -0.489 e. The number of ether oxygens (including phenoxy) is 1. The zero-order valence-electron chi connectivity index (χ0n) is 10.0. The maximum absolute atomic E-state index is 12.7. The van der Waals surface area contributed by atoms with Crippen molar-refractivity contribution in [3.05, 3.63) is 65.0 Å². The minimum absolute atomic E-state index is 0.266. The number of aryl methyl sites for hydroxylation is 1. The molecule has 0 amide bonds. The largest absolute Gasteiger partial charge is 0.489 e. The molecule has 0 aliphatic heterocycles. The average Bonchev–Trinajstić information content (AvgIpc) is 2.37. The van der Waals surface area contributed by atoms with Crippen LogP contribution in [0, 0.1) is 12.7 Å². The zero-order chi connectivity index (χ0) is 13.0. The lowest BCUT2D eigenvalue weighted by atomic mass is 10.1. The number of halogens is 1. The summed E-state index contributed by atoms with van der Waals surface area (Å²) in [6, 6.07) is 11.5. The van der Waals surface area contributed by atoms with Gasteiger partial charge in [-0.1, -0.05) is 12.1 Å². The highest BCUT2D eigenvalue weighted by Gasteiger charge is 2.00. The van der Waals surface area contributed by atoms with Crippen molar-refractivity contribution in [1.82, 2.24) is 0 Å². The van der Waals surface area contributed by atoms with Crippen LogP contribution in [0.25, 0.3) is 0 Å². The van der Waals surface area contributed by atoms with Crippen LogP contribution < -0.4 is 4.74 Å². The summed E-state index contributed by atoms with van der Waals surface area (Å²) in [5.74, 6) is 0.374. The van der Waals surface area contributed by atoms with Gasteiger partial charge in [-0.05, 0) is 48.4 Å². The van der Waals surface area contributed by atoms with Gasteiger partial charge in [-0.25, -0.2) is 4.39 Å². The number of hydrogen-bond donors (Lipinski definition) is 0. The monoisotopic (exact) mass is 244 g/mol. The maximum atomic E-state index is 12.7. The van der Waals surface area contributed by atoms with E-state index in [1.165, 1.54) is 12.1 Å². The van der Waals surface area contributed by atoms with Crippen molar-refractivity contribution in [3.63, 3.8) is 0 Å². The topological polar surface area (TPSA) is 26.3 Å². The Morgan fingerprint density at radius 3 is 2.56 bits per heavy atom. The van der Waals surface area contributed by atoms with E-state index in [-0.39, 0.29) is 5.82 Å². The molecule has 0 fully saturated rings. The number of rotatable bonds is 4. The number of benzene rings is 2. The van der Waals surface area contributed by atoms with Gasteiger partial charge in [0.15, 0.2) is 0 Å². The fraction of sp³-hybridized carbons (Fsp3) is 0.133. The van der Waals surface area contributed by atoms with E-state index >= 15 is 0 Å². The van der Waals surface area contributed by atoms with Crippen molar-refractivity contribution < 1.29 is 13.9 Å².